The van der Waals surface area contributed by atoms with Crippen LogP contribution in [0.1, 0.15) is 33.1 Å². The van der Waals surface area contributed by atoms with E-state index in [2.05, 4.69) is 0 Å². The normalized spacial score (nSPS) is 18.1. The maximum atomic E-state index is 11.5. The number of thiocarbonyl (C=S) groups is 1. The highest BCUT2D eigenvalue weighted by atomic mass is 32.1. The fraction of sp³-hybridized carbons (Fsp3) is 0.700. The fourth-order valence-electron chi connectivity index (χ4n) is 1.45. The zero-order valence-electron chi connectivity index (χ0n) is 9.08. The van der Waals surface area contributed by atoms with Gasteiger partial charge in [0, 0.05) is 24.8 Å². The molecule has 1 aliphatic rings. The summed E-state index contributed by atoms with van der Waals surface area (Å²) in [6.45, 7) is 3.97. The number of rotatable bonds is 3. The van der Waals surface area contributed by atoms with E-state index in [4.69, 9.17) is 18.0 Å². The minimum absolute atomic E-state index is 0.115. The van der Waals surface area contributed by atoms with Crippen LogP contribution in [0.4, 0.5) is 0 Å². The number of imide groups is 1. The highest BCUT2D eigenvalue weighted by molar-refractivity contribution is 7.80. The zero-order chi connectivity index (χ0) is 11.6. The predicted molar refractivity (Wildman–Crippen MR) is 61.1 cm³/mol. The van der Waals surface area contributed by atoms with Crippen molar-refractivity contribution in [3.63, 3.8) is 0 Å². The van der Waals surface area contributed by atoms with Crippen LogP contribution in [0.2, 0.25) is 0 Å². The van der Waals surface area contributed by atoms with Crippen LogP contribution in [-0.4, -0.2) is 28.2 Å². The minimum Gasteiger partial charge on any atom is -0.393 e. The number of likely N-dealkylation sites (tertiary alicyclic amines) is 1. The molecule has 1 saturated heterocycles. The van der Waals surface area contributed by atoms with Gasteiger partial charge in [-0.25, -0.2) is 0 Å². The maximum absolute atomic E-state index is 11.5. The van der Waals surface area contributed by atoms with Gasteiger partial charge in [-0.15, -0.1) is 0 Å². The second kappa shape index (κ2) is 4.26. The topological polar surface area (TPSA) is 63.4 Å². The number of piperidine rings is 1. The largest absolute Gasteiger partial charge is 0.393 e. The standard InChI is InChI=1S/C10H16N2O2S/c1-10(2,9(11)15)6-12-7(13)4-3-5-8(12)14/h3-6H2,1-2H3,(H2,11,15). The van der Waals surface area contributed by atoms with Crippen molar-refractivity contribution >= 4 is 29.0 Å². The fourth-order valence-corrected chi connectivity index (χ4v) is 1.51. The lowest BCUT2D eigenvalue weighted by Gasteiger charge is -2.32. The molecule has 84 valence electrons. The van der Waals surface area contributed by atoms with Crippen molar-refractivity contribution in [2.45, 2.75) is 33.1 Å². The molecule has 2 N–H and O–H groups in total. The number of carbonyl (C=O) groups is 2. The first-order valence-electron chi connectivity index (χ1n) is 4.98. The Morgan fingerprint density at radius 3 is 2.27 bits per heavy atom. The highest BCUT2D eigenvalue weighted by Gasteiger charge is 2.32. The van der Waals surface area contributed by atoms with Gasteiger partial charge in [-0.05, 0) is 6.42 Å². The summed E-state index contributed by atoms with van der Waals surface area (Å²) in [7, 11) is 0. The predicted octanol–water partition coefficient (Wildman–Crippen LogP) is 0.838. The van der Waals surface area contributed by atoms with Crippen molar-refractivity contribution in [3.05, 3.63) is 0 Å². The SMILES string of the molecule is CC(C)(CN1C(=O)CCCC1=O)C(N)=S. The van der Waals surface area contributed by atoms with Gasteiger partial charge >= 0.3 is 0 Å². The van der Waals surface area contributed by atoms with Crippen molar-refractivity contribution in [2.24, 2.45) is 11.1 Å². The molecule has 1 fully saturated rings. The zero-order valence-corrected chi connectivity index (χ0v) is 9.89. The molecule has 0 saturated carbocycles. The van der Waals surface area contributed by atoms with Crippen LogP contribution in [0.25, 0.3) is 0 Å². The Morgan fingerprint density at radius 2 is 1.87 bits per heavy atom. The van der Waals surface area contributed by atoms with Crippen LogP contribution in [0.5, 0.6) is 0 Å². The summed E-state index contributed by atoms with van der Waals surface area (Å²) in [6, 6.07) is 0. The highest BCUT2D eigenvalue weighted by Crippen LogP contribution is 2.21. The maximum Gasteiger partial charge on any atom is 0.229 e. The molecule has 4 nitrogen and oxygen atoms in total. The Morgan fingerprint density at radius 1 is 1.40 bits per heavy atom. The van der Waals surface area contributed by atoms with E-state index >= 15 is 0 Å². The number of nitrogens with two attached hydrogens (primary N) is 1. The minimum atomic E-state index is -0.488. The van der Waals surface area contributed by atoms with Crippen LogP contribution in [0, 0.1) is 5.41 Å². The van der Waals surface area contributed by atoms with E-state index < -0.39 is 5.41 Å². The monoisotopic (exact) mass is 228 g/mol. The molecule has 1 aliphatic heterocycles. The van der Waals surface area contributed by atoms with Crippen LogP contribution in [-0.2, 0) is 9.59 Å². The number of hydrogen-bond acceptors (Lipinski definition) is 3. The van der Waals surface area contributed by atoms with Crippen LogP contribution >= 0.6 is 12.2 Å². The summed E-state index contributed by atoms with van der Waals surface area (Å²) in [4.78, 5) is 24.7. The lowest BCUT2D eigenvalue weighted by atomic mass is 9.91. The molecular formula is C10H16N2O2S. The molecular weight excluding hydrogens is 212 g/mol. The molecule has 0 aliphatic carbocycles. The lowest BCUT2D eigenvalue weighted by Crippen LogP contribution is -2.48. The van der Waals surface area contributed by atoms with Crippen molar-refractivity contribution in [1.82, 2.24) is 4.90 Å². The van der Waals surface area contributed by atoms with E-state index in [1.165, 1.54) is 4.90 Å². The van der Waals surface area contributed by atoms with Crippen LogP contribution in [0.15, 0.2) is 0 Å². The summed E-state index contributed by atoms with van der Waals surface area (Å²) in [6.07, 6.45) is 1.54. The molecule has 2 amide bonds. The summed E-state index contributed by atoms with van der Waals surface area (Å²) < 4.78 is 0. The summed E-state index contributed by atoms with van der Waals surface area (Å²) in [5.41, 5.74) is 5.07. The van der Waals surface area contributed by atoms with Gasteiger partial charge in [0.05, 0.1) is 4.99 Å². The van der Waals surface area contributed by atoms with Gasteiger partial charge in [0.25, 0.3) is 0 Å². The molecule has 0 radical (unpaired) electrons. The average molecular weight is 228 g/mol. The van der Waals surface area contributed by atoms with Gasteiger partial charge in [-0.3, -0.25) is 14.5 Å². The third-order valence-corrected chi connectivity index (χ3v) is 3.16. The molecule has 15 heavy (non-hydrogen) atoms. The second-order valence-corrected chi connectivity index (χ2v) is 4.92. The van der Waals surface area contributed by atoms with Crippen molar-refractivity contribution in [1.29, 1.82) is 0 Å². The van der Waals surface area contributed by atoms with Crippen molar-refractivity contribution < 1.29 is 9.59 Å². The first kappa shape index (κ1) is 12.1. The number of hydrogen-bond donors (Lipinski definition) is 1. The van der Waals surface area contributed by atoms with Crippen LogP contribution < -0.4 is 5.73 Å². The summed E-state index contributed by atoms with van der Waals surface area (Å²) >= 11 is 4.91. The van der Waals surface area contributed by atoms with E-state index in [1.54, 1.807) is 0 Å². The Kier molecular flexibility index (Phi) is 3.44. The average Bonchev–Trinajstić information content (AvgIpc) is 2.11. The van der Waals surface area contributed by atoms with E-state index in [0.29, 0.717) is 30.8 Å². The van der Waals surface area contributed by atoms with E-state index in [0.717, 1.165) is 0 Å². The molecule has 0 atom stereocenters. The molecule has 0 spiro atoms. The lowest BCUT2D eigenvalue weighted by molar-refractivity contribution is -0.149. The Labute approximate surface area is 94.8 Å². The summed E-state index contributed by atoms with van der Waals surface area (Å²) in [5, 5.41) is 0. The van der Waals surface area contributed by atoms with Gasteiger partial charge in [-0.1, -0.05) is 26.1 Å². The number of amides is 2. The first-order valence-corrected chi connectivity index (χ1v) is 5.38. The van der Waals surface area contributed by atoms with Crippen molar-refractivity contribution in [3.8, 4) is 0 Å². The molecule has 0 aromatic rings. The van der Waals surface area contributed by atoms with E-state index in [-0.39, 0.29) is 11.8 Å². The van der Waals surface area contributed by atoms with E-state index in [1.807, 2.05) is 13.8 Å². The summed E-state index contributed by atoms with van der Waals surface area (Å²) in [5.74, 6) is -0.230. The number of carbonyl (C=O) groups excluding carboxylic acids is 2. The van der Waals surface area contributed by atoms with Crippen LogP contribution in [0.3, 0.4) is 0 Å². The quantitative estimate of drug-likeness (QED) is 0.574. The van der Waals surface area contributed by atoms with Crippen molar-refractivity contribution in [2.75, 3.05) is 6.54 Å². The second-order valence-electron chi connectivity index (χ2n) is 4.48. The third kappa shape index (κ3) is 2.75. The molecule has 0 aromatic heterocycles. The smallest absolute Gasteiger partial charge is 0.229 e. The molecule has 5 heteroatoms. The molecule has 0 bridgehead atoms. The van der Waals surface area contributed by atoms with Gasteiger partial charge in [0.1, 0.15) is 0 Å². The third-order valence-electron chi connectivity index (χ3n) is 2.60. The molecule has 1 heterocycles. The Hall–Kier alpha value is -0.970. The van der Waals surface area contributed by atoms with Gasteiger partial charge in [0.15, 0.2) is 0 Å². The molecule has 0 unspecified atom stereocenters. The Bertz CT molecular complexity index is 297. The first-order chi connectivity index (χ1) is 6.84. The van der Waals surface area contributed by atoms with Gasteiger partial charge < -0.3 is 5.73 Å². The molecule has 0 aromatic carbocycles. The van der Waals surface area contributed by atoms with E-state index in [9.17, 15) is 9.59 Å². The Balaban J connectivity index is 2.75. The number of nitrogens with zero attached hydrogens (tertiary/aromatic N) is 1. The van der Waals surface area contributed by atoms with Gasteiger partial charge in [-0.2, -0.15) is 0 Å². The van der Waals surface area contributed by atoms with Gasteiger partial charge in [0.2, 0.25) is 11.8 Å². The molecule has 1 rings (SSSR count).